The maximum Gasteiger partial charge on any atom is 0.136 e. The van der Waals surface area contributed by atoms with Gasteiger partial charge in [0.2, 0.25) is 0 Å². The van der Waals surface area contributed by atoms with Gasteiger partial charge in [0, 0.05) is 0 Å². The van der Waals surface area contributed by atoms with Crippen LogP contribution in [0.2, 0.25) is 0 Å². The first-order valence-electron chi connectivity index (χ1n) is 5.63. The molecule has 0 radical (unpaired) electrons. The molecule has 2 N–H and O–H groups in total. The topological polar surface area (TPSA) is 26.0 Å². The van der Waals surface area contributed by atoms with Crippen molar-refractivity contribution >= 4 is 0 Å². The van der Waals surface area contributed by atoms with Gasteiger partial charge >= 0.3 is 0 Å². The van der Waals surface area contributed by atoms with Crippen LogP contribution in [0.15, 0.2) is 24.3 Å². The summed E-state index contributed by atoms with van der Waals surface area (Å²) in [6.45, 7) is 2.32. The van der Waals surface area contributed by atoms with Gasteiger partial charge in [0.05, 0.1) is 0 Å². The predicted octanol–water partition coefficient (Wildman–Crippen LogP) is 2.78. The van der Waals surface area contributed by atoms with Crippen LogP contribution in [-0.2, 0) is 12.1 Å². The summed E-state index contributed by atoms with van der Waals surface area (Å²) >= 11 is 0. The van der Waals surface area contributed by atoms with Crippen molar-refractivity contribution in [3.63, 3.8) is 0 Å². The summed E-state index contributed by atoms with van der Waals surface area (Å²) in [5.74, 6) is 0.227. The first-order valence-corrected chi connectivity index (χ1v) is 5.63. The van der Waals surface area contributed by atoms with Gasteiger partial charge in [-0.3, -0.25) is 0 Å². The van der Waals surface area contributed by atoms with Crippen LogP contribution in [-0.4, -0.2) is 6.54 Å². The van der Waals surface area contributed by atoms with Crippen molar-refractivity contribution in [3.8, 4) is 0 Å². The van der Waals surface area contributed by atoms with E-state index in [1.165, 1.54) is 0 Å². The second-order valence-corrected chi connectivity index (χ2v) is 4.59. The second-order valence-electron chi connectivity index (χ2n) is 4.59. The Hall–Kier alpha value is -0.890. The third kappa shape index (κ3) is 2.20. The zero-order valence-corrected chi connectivity index (χ0v) is 9.17. The van der Waals surface area contributed by atoms with Gasteiger partial charge < -0.3 is 5.73 Å². The van der Waals surface area contributed by atoms with Gasteiger partial charge in [-0.25, -0.2) is 4.39 Å². The number of hydrogen-bond donors (Lipinski definition) is 1. The number of alkyl halides is 1. The molecule has 0 spiro atoms. The van der Waals surface area contributed by atoms with Crippen LogP contribution in [0.4, 0.5) is 4.39 Å². The Morgan fingerprint density at radius 1 is 1.47 bits per heavy atom. The van der Waals surface area contributed by atoms with Crippen LogP contribution in [0.5, 0.6) is 0 Å². The molecule has 1 aliphatic carbocycles. The van der Waals surface area contributed by atoms with Gasteiger partial charge in [-0.1, -0.05) is 24.3 Å². The quantitative estimate of drug-likeness (QED) is 0.807. The van der Waals surface area contributed by atoms with Crippen molar-refractivity contribution in [3.05, 3.63) is 35.4 Å². The molecular weight excluding hydrogens is 189 g/mol. The Kier molecular flexibility index (Phi) is 2.79. The minimum Gasteiger partial charge on any atom is -0.330 e. The molecule has 0 aromatic heterocycles. The van der Waals surface area contributed by atoms with Crippen molar-refractivity contribution in [2.45, 2.75) is 31.9 Å². The lowest BCUT2D eigenvalue weighted by Crippen LogP contribution is -2.18. The van der Waals surface area contributed by atoms with E-state index >= 15 is 0 Å². The number of hydrogen-bond acceptors (Lipinski definition) is 1. The fraction of sp³-hybridized carbons (Fsp3) is 0.538. The summed E-state index contributed by atoms with van der Waals surface area (Å²) in [6, 6.07) is 7.80. The van der Waals surface area contributed by atoms with E-state index in [0.29, 0.717) is 6.54 Å². The Morgan fingerprint density at radius 2 is 2.20 bits per heavy atom. The highest BCUT2D eigenvalue weighted by atomic mass is 19.1. The highest BCUT2D eigenvalue weighted by Crippen LogP contribution is 2.48. The van der Waals surface area contributed by atoms with Crippen LogP contribution in [0, 0.1) is 5.92 Å². The van der Waals surface area contributed by atoms with Crippen molar-refractivity contribution in [2.75, 3.05) is 6.54 Å². The first kappa shape index (κ1) is 10.6. The summed E-state index contributed by atoms with van der Waals surface area (Å²) in [5, 5.41) is 0. The van der Waals surface area contributed by atoms with Crippen LogP contribution in [0.25, 0.3) is 0 Å². The normalized spacial score (nSPS) is 19.9. The SMILES string of the molecule is CC(F)(c1cccc(CCN)c1)C1CC1. The molecular formula is C13H18FN. The predicted molar refractivity (Wildman–Crippen MR) is 60.4 cm³/mol. The third-order valence-electron chi connectivity index (χ3n) is 3.27. The number of halogens is 1. The number of rotatable bonds is 4. The molecule has 0 saturated heterocycles. The van der Waals surface area contributed by atoms with Gasteiger partial charge in [0.25, 0.3) is 0 Å². The third-order valence-corrected chi connectivity index (χ3v) is 3.27. The molecule has 1 unspecified atom stereocenters. The molecule has 0 amide bonds. The fourth-order valence-corrected chi connectivity index (χ4v) is 2.06. The molecule has 15 heavy (non-hydrogen) atoms. The lowest BCUT2D eigenvalue weighted by atomic mass is 9.91. The maximum absolute atomic E-state index is 14.4. The molecule has 1 fully saturated rings. The van der Waals surface area contributed by atoms with Gasteiger partial charge in [-0.15, -0.1) is 0 Å². The molecule has 0 heterocycles. The maximum atomic E-state index is 14.4. The Balaban J connectivity index is 2.23. The Morgan fingerprint density at radius 3 is 2.80 bits per heavy atom. The van der Waals surface area contributed by atoms with E-state index < -0.39 is 5.67 Å². The zero-order chi connectivity index (χ0) is 10.9. The second kappa shape index (κ2) is 3.93. The highest BCUT2D eigenvalue weighted by Gasteiger charge is 2.43. The molecule has 1 aliphatic rings. The van der Waals surface area contributed by atoms with Gasteiger partial charge in [-0.2, -0.15) is 0 Å². The molecule has 1 nitrogen and oxygen atoms in total. The monoisotopic (exact) mass is 207 g/mol. The summed E-state index contributed by atoms with van der Waals surface area (Å²) in [5.41, 5.74) is 6.30. The largest absolute Gasteiger partial charge is 0.330 e. The minimum absolute atomic E-state index is 0.227. The first-order chi connectivity index (χ1) is 7.14. The van der Waals surface area contributed by atoms with Crippen molar-refractivity contribution in [2.24, 2.45) is 11.7 Å². The standard InChI is InChI=1S/C13H18FN/c1-13(14,11-5-6-11)12-4-2-3-10(9-12)7-8-15/h2-4,9,11H,5-8,15H2,1H3. The molecule has 82 valence electrons. The number of benzene rings is 1. The molecule has 0 bridgehead atoms. The average Bonchev–Trinajstić information content (AvgIpc) is 3.02. The lowest BCUT2D eigenvalue weighted by Gasteiger charge is -2.21. The molecule has 1 atom stereocenters. The summed E-state index contributed by atoms with van der Waals surface area (Å²) in [4.78, 5) is 0. The molecule has 2 heteroatoms. The summed E-state index contributed by atoms with van der Waals surface area (Å²) < 4.78 is 14.4. The highest BCUT2D eigenvalue weighted by molar-refractivity contribution is 5.29. The molecule has 1 saturated carbocycles. The smallest absolute Gasteiger partial charge is 0.136 e. The van der Waals surface area contributed by atoms with Crippen molar-refractivity contribution in [1.29, 1.82) is 0 Å². The van der Waals surface area contributed by atoms with E-state index in [4.69, 9.17) is 5.73 Å². The van der Waals surface area contributed by atoms with Gasteiger partial charge in [0.15, 0.2) is 0 Å². The zero-order valence-electron chi connectivity index (χ0n) is 9.17. The Bertz CT molecular complexity index is 342. The van der Waals surface area contributed by atoms with Crippen LogP contribution < -0.4 is 5.73 Å². The van der Waals surface area contributed by atoms with Crippen LogP contribution in [0.1, 0.15) is 30.9 Å². The van der Waals surface area contributed by atoms with Crippen LogP contribution >= 0.6 is 0 Å². The Labute approximate surface area is 90.5 Å². The molecule has 1 aromatic carbocycles. The average molecular weight is 207 g/mol. The summed E-state index contributed by atoms with van der Waals surface area (Å²) in [7, 11) is 0. The van der Waals surface area contributed by atoms with Crippen LogP contribution in [0.3, 0.4) is 0 Å². The van der Waals surface area contributed by atoms with E-state index in [-0.39, 0.29) is 5.92 Å². The van der Waals surface area contributed by atoms with Gasteiger partial charge in [-0.05, 0) is 49.8 Å². The molecule has 2 rings (SSSR count). The van der Waals surface area contributed by atoms with E-state index in [9.17, 15) is 4.39 Å². The van der Waals surface area contributed by atoms with Crippen molar-refractivity contribution in [1.82, 2.24) is 0 Å². The van der Waals surface area contributed by atoms with Gasteiger partial charge in [0.1, 0.15) is 5.67 Å². The molecule has 1 aromatic rings. The van der Waals surface area contributed by atoms with E-state index in [0.717, 1.165) is 30.4 Å². The summed E-state index contributed by atoms with van der Waals surface area (Å²) in [6.07, 6.45) is 2.87. The van der Waals surface area contributed by atoms with E-state index in [1.54, 1.807) is 6.92 Å². The van der Waals surface area contributed by atoms with E-state index in [1.807, 2.05) is 24.3 Å². The van der Waals surface area contributed by atoms with Crippen molar-refractivity contribution < 1.29 is 4.39 Å². The fourth-order valence-electron chi connectivity index (χ4n) is 2.06. The lowest BCUT2D eigenvalue weighted by molar-refractivity contribution is 0.158. The minimum atomic E-state index is -1.15. The number of nitrogens with two attached hydrogens (primary N) is 1. The van der Waals surface area contributed by atoms with E-state index in [2.05, 4.69) is 0 Å². The molecule has 0 aliphatic heterocycles.